The molecule has 0 atom stereocenters. The zero-order chi connectivity index (χ0) is 19.6. The lowest BCUT2D eigenvalue weighted by molar-refractivity contribution is 0.0955. The first-order valence-electron chi connectivity index (χ1n) is 9.19. The van der Waals surface area contributed by atoms with Crippen molar-refractivity contribution in [2.75, 3.05) is 11.9 Å². The fourth-order valence-corrected chi connectivity index (χ4v) is 2.58. The molecule has 0 saturated carbocycles. The van der Waals surface area contributed by atoms with Crippen LogP contribution in [0, 0.1) is 0 Å². The highest BCUT2D eigenvalue weighted by molar-refractivity contribution is 5.94. The van der Waals surface area contributed by atoms with Crippen molar-refractivity contribution in [3.8, 4) is 5.75 Å². The maximum absolute atomic E-state index is 12.2. The number of amides is 1. The van der Waals surface area contributed by atoms with E-state index in [1.54, 1.807) is 18.3 Å². The molecule has 3 aromatic rings. The Labute approximate surface area is 165 Å². The van der Waals surface area contributed by atoms with E-state index in [0.717, 1.165) is 22.6 Å². The lowest BCUT2D eigenvalue weighted by atomic mass is 10.1. The Bertz CT molecular complexity index is 905. The van der Waals surface area contributed by atoms with Crippen molar-refractivity contribution in [1.29, 1.82) is 0 Å². The number of carbonyl (C=O) groups excluding carboxylic acids is 1. The summed E-state index contributed by atoms with van der Waals surface area (Å²) in [5, 5.41) is 7.36. The van der Waals surface area contributed by atoms with Crippen LogP contribution in [0.4, 0.5) is 5.69 Å². The van der Waals surface area contributed by atoms with E-state index < -0.39 is 0 Å². The minimum atomic E-state index is -0.246. The van der Waals surface area contributed by atoms with Crippen LogP contribution in [-0.4, -0.2) is 18.7 Å². The molecule has 0 saturated heterocycles. The first-order valence-corrected chi connectivity index (χ1v) is 9.19. The Morgan fingerprint density at radius 1 is 0.964 bits per heavy atom. The number of carbonyl (C=O) groups is 1. The van der Waals surface area contributed by atoms with E-state index in [1.165, 1.54) is 0 Å². The lowest BCUT2D eigenvalue weighted by Gasteiger charge is -2.07. The number of hydrogen-bond donors (Lipinski definition) is 2. The van der Waals surface area contributed by atoms with Crippen molar-refractivity contribution < 1.29 is 9.53 Å². The van der Waals surface area contributed by atoms with Gasteiger partial charge >= 0.3 is 0 Å². The zero-order valence-corrected chi connectivity index (χ0v) is 15.8. The van der Waals surface area contributed by atoms with E-state index in [0.29, 0.717) is 18.7 Å². The zero-order valence-electron chi connectivity index (χ0n) is 15.8. The van der Waals surface area contributed by atoms with E-state index >= 15 is 0 Å². The second-order valence-corrected chi connectivity index (χ2v) is 6.12. The molecular weight excluding hydrogens is 350 g/mol. The Morgan fingerprint density at radius 3 is 2.36 bits per heavy atom. The molecule has 3 aromatic carbocycles. The van der Waals surface area contributed by atoms with Crippen molar-refractivity contribution in [2.45, 2.75) is 13.5 Å². The third-order valence-electron chi connectivity index (χ3n) is 4.06. The van der Waals surface area contributed by atoms with Gasteiger partial charge in [-0.05, 0) is 66.6 Å². The summed E-state index contributed by atoms with van der Waals surface area (Å²) in [6.45, 7) is 3.27. The largest absolute Gasteiger partial charge is 0.494 e. The highest BCUT2D eigenvalue weighted by Crippen LogP contribution is 2.11. The van der Waals surface area contributed by atoms with Gasteiger partial charge in [-0.25, -0.2) is 5.43 Å². The van der Waals surface area contributed by atoms with Crippen LogP contribution in [0.2, 0.25) is 0 Å². The molecule has 5 nitrogen and oxygen atoms in total. The first-order chi connectivity index (χ1) is 13.7. The smallest absolute Gasteiger partial charge is 0.271 e. The van der Waals surface area contributed by atoms with Gasteiger partial charge in [-0.3, -0.25) is 4.79 Å². The highest BCUT2D eigenvalue weighted by Gasteiger charge is 2.04. The van der Waals surface area contributed by atoms with Crippen molar-refractivity contribution in [1.82, 2.24) is 5.43 Å². The molecule has 0 radical (unpaired) electrons. The van der Waals surface area contributed by atoms with Gasteiger partial charge in [-0.1, -0.05) is 30.3 Å². The van der Waals surface area contributed by atoms with Gasteiger partial charge in [0.05, 0.1) is 12.8 Å². The van der Waals surface area contributed by atoms with Gasteiger partial charge in [0.1, 0.15) is 5.75 Å². The van der Waals surface area contributed by atoms with Crippen LogP contribution in [0.3, 0.4) is 0 Å². The van der Waals surface area contributed by atoms with Gasteiger partial charge in [0.2, 0.25) is 0 Å². The number of anilines is 1. The summed E-state index contributed by atoms with van der Waals surface area (Å²) in [4.78, 5) is 12.2. The van der Waals surface area contributed by atoms with Crippen molar-refractivity contribution in [3.63, 3.8) is 0 Å². The molecule has 0 aliphatic rings. The molecule has 0 spiro atoms. The van der Waals surface area contributed by atoms with Crippen LogP contribution in [-0.2, 0) is 6.54 Å². The summed E-state index contributed by atoms with van der Waals surface area (Å²) in [7, 11) is 0. The molecule has 0 aromatic heterocycles. The molecule has 0 aliphatic heterocycles. The third kappa shape index (κ3) is 5.71. The average molecular weight is 373 g/mol. The predicted molar refractivity (Wildman–Crippen MR) is 113 cm³/mol. The summed E-state index contributed by atoms with van der Waals surface area (Å²) >= 11 is 0. The molecule has 2 N–H and O–H groups in total. The number of para-hydroxylation sites is 1. The van der Waals surface area contributed by atoms with Crippen molar-refractivity contribution in [2.24, 2.45) is 5.10 Å². The van der Waals surface area contributed by atoms with Gasteiger partial charge in [0.25, 0.3) is 5.91 Å². The second-order valence-electron chi connectivity index (χ2n) is 6.12. The van der Waals surface area contributed by atoms with Crippen LogP contribution >= 0.6 is 0 Å². The maximum atomic E-state index is 12.2. The molecule has 0 heterocycles. The minimum absolute atomic E-state index is 0.246. The normalized spacial score (nSPS) is 10.6. The first kappa shape index (κ1) is 19.2. The average Bonchev–Trinajstić information content (AvgIpc) is 2.75. The fraction of sp³-hybridized carbons (Fsp3) is 0.130. The van der Waals surface area contributed by atoms with Gasteiger partial charge in [0, 0.05) is 17.8 Å². The van der Waals surface area contributed by atoms with Crippen LogP contribution < -0.4 is 15.5 Å². The van der Waals surface area contributed by atoms with E-state index in [1.807, 2.05) is 73.7 Å². The Morgan fingerprint density at radius 2 is 1.68 bits per heavy atom. The van der Waals surface area contributed by atoms with Gasteiger partial charge in [-0.2, -0.15) is 5.10 Å². The molecule has 0 unspecified atom stereocenters. The summed E-state index contributed by atoms with van der Waals surface area (Å²) in [6.07, 6.45) is 1.60. The summed E-state index contributed by atoms with van der Waals surface area (Å²) in [5.74, 6) is 0.565. The number of nitrogens with one attached hydrogen (secondary N) is 2. The van der Waals surface area contributed by atoms with Crippen molar-refractivity contribution >= 4 is 17.8 Å². The molecule has 1 amide bonds. The Hall–Kier alpha value is -3.60. The summed E-state index contributed by atoms with van der Waals surface area (Å²) in [6, 6.07) is 25.0. The molecule has 5 heteroatoms. The van der Waals surface area contributed by atoms with E-state index in [9.17, 15) is 4.79 Å². The van der Waals surface area contributed by atoms with Crippen LogP contribution in [0.1, 0.15) is 28.4 Å². The number of rotatable bonds is 8. The fourth-order valence-electron chi connectivity index (χ4n) is 2.58. The maximum Gasteiger partial charge on any atom is 0.271 e. The van der Waals surface area contributed by atoms with Gasteiger partial charge < -0.3 is 10.1 Å². The minimum Gasteiger partial charge on any atom is -0.494 e. The van der Waals surface area contributed by atoms with Gasteiger partial charge in [-0.15, -0.1) is 0 Å². The SMILES string of the molecule is CCOc1ccc(/C=N\NC(=O)c2ccc(CNc3ccccc3)cc2)cc1. The van der Waals surface area contributed by atoms with E-state index in [-0.39, 0.29) is 5.91 Å². The number of benzene rings is 3. The number of hydrazone groups is 1. The number of nitrogens with zero attached hydrogens (tertiary/aromatic N) is 1. The lowest BCUT2D eigenvalue weighted by Crippen LogP contribution is -2.17. The Kier molecular flexibility index (Phi) is 6.79. The molecule has 0 fully saturated rings. The summed E-state index contributed by atoms with van der Waals surface area (Å²) < 4.78 is 5.39. The van der Waals surface area contributed by atoms with E-state index in [2.05, 4.69) is 15.8 Å². The monoisotopic (exact) mass is 373 g/mol. The van der Waals surface area contributed by atoms with Crippen LogP contribution in [0.15, 0.2) is 84.0 Å². The molecule has 0 aliphatic carbocycles. The molecule has 28 heavy (non-hydrogen) atoms. The molecule has 3 rings (SSSR count). The van der Waals surface area contributed by atoms with Crippen LogP contribution in [0.25, 0.3) is 0 Å². The standard InChI is InChI=1S/C23H23N3O2/c1-2-28-22-14-10-19(11-15-22)17-25-26-23(27)20-12-8-18(9-13-20)16-24-21-6-4-3-5-7-21/h3-15,17,24H,2,16H2,1H3,(H,26,27)/b25-17-. The third-order valence-corrected chi connectivity index (χ3v) is 4.06. The molecule has 0 bridgehead atoms. The van der Waals surface area contributed by atoms with Crippen LogP contribution in [0.5, 0.6) is 5.75 Å². The van der Waals surface area contributed by atoms with Gasteiger partial charge in [0.15, 0.2) is 0 Å². The highest BCUT2D eigenvalue weighted by atomic mass is 16.5. The quantitative estimate of drug-likeness (QED) is 0.453. The molecular formula is C23H23N3O2. The van der Waals surface area contributed by atoms with E-state index in [4.69, 9.17) is 4.74 Å². The second kappa shape index (κ2) is 9.92. The van der Waals surface area contributed by atoms with Crippen molar-refractivity contribution in [3.05, 3.63) is 95.6 Å². The summed E-state index contributed by atoms with van der Waals surface area (Å²) in [5.41, 5.74) is 6.15. The Balaban J connectivity index is 1.50. The predicted octanol–water partition coefficient (Wildman–Crippen LogP) is 4.46. The number of ether oxygens (including phenoxy) is 1. The topological polar surface area (TPSA) is 62.7 Å². The molecule has 142 valence electrons. The number of hydrogen-bond acceptors (Lipinski definition) is 4.